The maximum absolute atomic E-state index is 13.0. The number of carbonyl (C=O) groups excluding carboxylic acids is 2. The fourth-order valence-corrected chi connectivity index (χ4v) is 4.23. The van der Waals surface area contributed by atoms with Gasteiger partial charge in [-0.25, -0.2) is 4.98 Å². The zero-order valence-corrected chi connectivity index (χ0v) is 16.2. The van der Waals surface area contributed by atoms with Gasteiger partial charge in [-0.2, -0.15) is 0 Å². The Kier molecular flexibility index (Phi) is 4.57. The molecule has 140 valence electrons. The number of benzene rings is 2. The van der Waals surface area contributed by atoms with Gasteiger partial charge in [-0.1, -0.05) is 60.7 Å². The molecule has 1 saturated heterocycles. The Hall–Kier alpha value is -3.25. The van der Waals surface area contributed by atoms with Gasteiger partial charge in [0.25, 0.3) is 5.78 Å². The zero-order chi connectivity index (χ0) is 19.8. The molecule has 4 rings (SSSR count). The lowest BCUT2D eigenvalue weighted by Gasteiger charge is -2.22. The van der Waals surface area contributed by atoms with Gasteiger partial charge in [0, 0.05) is 10.4 Å². The Labute approximate surface area is 166 Å². The van der Waals surface area contributed by atoms with Crippen molar-refractivity contribution in [2.24, 2.45) is 0 Å². The Morgan fingerprint density at radius 1 is 1.00 bits per heavy atom. The van der Waals surface area contributed by atoms with Crippen LogP contribution >= 0.6 is 11.3 Å². The highest BCUT2D eigenvalue weighted by Crippen LogP contribution is 2.43. The zero-order valence-electron chi connectivity index (χ0n) is 15.4. The van der Waals surface area contributed by atoms with Gasteiger partial charge in [-0.3, -0.25) is 14.5 Å². The second-order valence-corrected chi connectivity index (χ2v) is 7.77. The van der Waals surface area contributed by atoms with E-state index in [2.05, 4.69) is 4.98 Å². The van der Waals surface area contributed by atoms with Crippen molar-refractivity contribution in [1.82, 2.24) is 4.98 Å². The number of Topliss-reactive ketones (excluding diaryl/α,β-unsaturated/α-hetero) is 1. The molecule has 3 aromatic rings. The monoisotopic (exact) mass is 390 g/mol. The number of hydrogen-bond acceptors (Lipinski definition) is 5. The van der Waals surface area contributed by atoms with E-state index in [1.807, 2.05) is 50.2 Å². The van der Waals surface area contributed by atoms with Crippen molar-refractivity contribution in [3.8, 4) is 0 Å². The molecule has 1 amide bonds. The molecule has 1 aromatic heterocycles. The number of ketones is 1. The number of hydrogen-bond donors (Lipinski definition) is 1. The summed E-state index contributed by atoms with van der Waals surface area (Å²) in [7, 11) is 0. The fourth-order valence-electron chi connectivity index (χ4n) is 3.29. The first-order valence-electron chi connectivity index (χ1n) is 8.84. The van der Waals surface area contributed by atoms with Crippen LogP contribution in [0.1, 0.15) is 27.7 Å². The van der Waals surface area contributed by atoms with Crippen LogP contribution in [0.4, 0.5) is 5.13 Å². The lowest BCUT2D eigenvalue weighted by atomic mass is 9.95. The van der Waals surface area contributed by atoms with Crippen LogP contribution in [-0.4, -0.2) is 21.8 Å². The van der Waals surface area contributed by atoms with Gasteiger partial charge in [0.15, 0.2) is 5.13 Å². The smallest absolute Gasteiger partial charge is 0.301 e. The SMILES string of the molecule is Cc1nc(N2C(=O)C(=O)C(=C(O)c3ccccc3)[C@H]2c2ccccc2)sc1C. The second-order valence-electron chi connectivity index (χ2n) is 6.58. The molecule has 1 aliphatic rings. The van der Waals surface area contributed by atoms with Crippen LogP contribution in [0, 0.1) is 13.8 Å². The number of nitrogens with zero attached hydrogens (tertiary/aromatic N) is 2. The van der Waals surface area contributed by atoms with Crippen molar-refractivity contribution in [2.75, 3.05) is 4.90 Å². The summed E-state index contributed by atoms with van der Waals surface area (Å²) in [5, 5.41) is 11.4. The molecule has 1 N–H and O–H groups in total. The standard InChI is InChI=1S/C22H18N2O3S/c1-13-14(2)28-22(23-13)24-18(15-9-5-3-6-10-15)17(20(26)21(24)27)19(25)16-11-7-4-8-12-16/h3-12,18,25H,1-2H3/t18-/m1/s1. The third-order valence-corrected chi connectivity index (χ3v) is 5.90. The van der Waals surface area contributed by atoms with Gasteiger partial charge < -0.3 is 5.11 Å². The highest BCUT2D eigenvalue weighted by Gasteiger charge is 2.48. The van der Waals surface area contributed by atoms with Gasteiger partial charge >= 0.3 is 5.91 Å². The van der Waals surface area contributed by atoms with E-state index in [1.54, 1.807) is 24.3 Å². The van der Waals surface area contributed by atoms with E-state index >= 15 is 0 Å². The molecular formula is C22H18N2O3S. The number of amides is 1. The van der Waals surface area contributed by atoms with Crippen molar-refractivity contribution in [2.45, 2.75) is 19.9 Å². The van der Waals surface area contributed by atoms with E-state index < -0.39 is 17.7 Å². The number of aliphatic hydroxyl groups is 1. The first-order valence-corrected chi connectivity index (χ1v) is 9.66. The van der Waals surface area contributed by atoms with Gasteiger partial charge in [0.2, 0.25) is 0 Å². The highest BCUT2D eigenvalue weighted by molar-refractivity contribution is 7.16. The topological polar surface area (TPSA) is 70.5 Å². The van der Waals surface area contributed by atoms with E-state index in [1.165, 1.54) is 16.2 Å². The number of aryl methyl sites for hydroxylation is 2. The summed E-state index contributed by atoms with van der Waals surface area (Å²) in [4.78, 5) is 32.8. The summed E-state index contributed by atoms with van der Waals surface area (Å²) in [6.45, 7) is 3.79. The Morgan fingerprint density at radius 3 is 2.18 bits per heavy atom. The van der Waals surface area contributed by atoms with E-state index in [9.17, 15) is 14.7 Å². The third-order valence-electron chi connectivity index (χ3n) is 4.83. The van der Waals surface area contributed by atoms with Gasteiger partial charge in [-0.05, 0) is 19.4 Å². The van der Waals surface area contributed by atoms with E-state index in [0.717, 1.165) is 16.1 Å². The molecule has 0 saturated carbocycles. The summed E-state index contributed by atoms with van der Waals surface area (Å²) in [5.74, 6) is -1.57. The third kappa shape index (κ3) is 2.92. The Balaban J connectivity index is 1.95. The normalized spacial score (nSPS) is 18.6. The number of aliphatic hydroxyl groups excluding tert-OH is 1. The minimum absolute atomic E-state index is 0.0768. The summed E-state index contributed by atoms with van der Waals surface area (Å²) in [5.41, 5.74) is 2.13. The molecule has 0 bridgehead atoms. The highest BCUT2D eigenvalue weighted by atomic mass is 32.1. The molecular weight excluding hydrogens is 372 g/mol. The van der Waals surface area contributed by atoms with E-state index in [0.29, 0.717) is 10.7 Å². The van der Waals surface area contributed by atoms with Gasteiger partial charge in [0.1, 0.15) is 5.76 Å². The number of carbonyl (C=O) groups is 2. The van der Waals surface area contributed by atoms with Crippen molar-refractivity contribution in [1.29, 1.82) is 0 Å². The molecule has 5 nitrogen and oxygen atoms in total. The first-order chi connectivity index (χ1) is 13.5. The average molecular weight is 390 g/mol. The van der Waals surface area contributed by atoms with E-state index in [4.69, 9.17) is 0 Å². The number of thiazole rings is 1. The number of aromatic nitrogens is 1. The fraction of sp³-hybridized carbons (Fsp3) is 0.136. The second kappa shape index (κ2) is 7.05. The molecule has 0 radical (unpaired) electrons. The van der Waals surface area contributed by atoms with Gasteiger partial charge in [-0.15, -0.1) is 11.3 Å². The van der Waals surface area contributed by atoms with Crippen LogP contribution in [0.3, 0.4) is 0 Å². The maximum Gasteiger partial charge on any atom is 0.301 e. The maximum atomic E-state index is 13.0. The molecule has 6 heteroatoms. The minimum atomic E-state index is -0.730. The van der Waals surface area contributed by atoms with Crippen molar-refractivity contribution in [3.05, 3.63) is 87.9 Å². The van der Waals surface area contributed by atoms with Crippen LogP contribution < -0.4 is 4.90 Å². The van der Waals surface area contributed by atoms with Crippen LogP contribution in [0.25, 0.3) is 5.76 Å². The molecule has 1 aliphatic heterocycles. The molecule has 28 heavy (non-hydrogen) atoms. The lowest BCUT2D eigenvalue weighted by Crippen LogP contribution is -2.29. The first kappa shape index (κ1) is 18.1. The summed E-state index contributed by atoms with van der Waals surface area (Å²) < 4.78 is 0. The molecule has 1 fully saturated rings. The van der Waals surface area contributed by atoms with Crippen LogP contribution in [0.5, 0.6) is 0 Å². The van der Waals surface area contributed by atoms with Crippen LogP contribution in [-0.2, 0) is 9.59 Å². The van der Waals surface area contributed by atoms with Crippen LogP contribution in [0.2, 0.25) is 0 Å². The molecule has 2 heterocycles. The molecule has 0 unspecified atom stereocenters. The van der Waals surface area contributed by atoms with Crippen molar-refractivity contribution >= 4 is 33.9 Å². The summed E-state index contributed by atoms with van der Waals surface area (Å²) >= 11 is 1.36. The Morgan fingerprint density at radius 2 is 1.61 bits per heavy atom. The van der Waals surface area contributed by atoms with E-state index in [-0.39, 0.29) is 11.3 Å². The predicted molar refractivity (Wildman–Crippen MR) is 109 cm³/mol. The average Bonchev–Trinajstić information content (AvgIpc) is 3.19. The molecule has 2 aromatic carbocycles. The number of anilines is 1. The van der Waals surface area contributed by atoms with Gasteiger partial charge in [0.05, 0.1) is 17.3 Å². The summed E-state index contributed by atoms with van der Waals surface area (Å²) in [6.07, 6.45) is 0. The molecule has 1 atom stereocenters. The lowest BCUT2D eigenvalue weighted by molar-refractivity contribution is -0.132. The van der Waals surface area contributed by atoms with Crippen LogP contribution in [0.15, 0.2) is 66.2 Å². The molecule has 0 aliphatic carbocycles. The van der Waals surface area contributed by atoms with Crippen molar-refractivity contribution < 1.29 is 14.7 Å². The quantitative estimate of drug-likeness (QED) is 0.409. The largest absolute Gasteiger partial charge is 0.507 e. The minimum Gasteiger partial charge on any atom is -0.507 e. The van der Waals surface area contributed by atoms with Crippen molar-refractivity contribution in [3.63, 3.8) is 0 Å². The predicted octanol–water partition coefficient (Wildman–Crippen LogP) is 4.39. The molecule has 0 spiro atoms. The number of rotatable bonds is 3. The summed E-state index contributed by atoms with van der Waals surface area (Å²) in [6, 6.07) is 17.3. The Bertz CT molecular complexity index is 1070.